The van der Waals surface area contributed by atoms with Gasteiger partial charge >= 0.3 is 5.97 Å². The van der Waals surface area contributed by atoms with Crippen LogP contribution in [0.15, 0.2) is 35.3 Å². The van der Waals surface area contributed by atoms with E-state index < -0.39 is 18.0 Å². The predicted molar refractivity (Wildman–Crippen MR) is 115 cm³/mol. The third-order valence-corrected chi connectivity index (χ3v) is 5.64. The van der Waals surface area contributed by atoms with Gasteiger partial charge in [0, 0.05) is 19.0 Å². The standard InChI is InChI=1S/C22H25N5O4/c1-4-13(2)27-19(9-10-23-27)25-20(28)14(3)31-22(30)15-7-8-16-17(12-15)24-18-6-5-11-26(18)21(16)29/h7-10,12-14H,4-6,11H2,1-3H3,(H,25,28)/t13-,14+/m1/s1. The Bertz CT molecular complexity index is 1210. The first-order valence-electron chi connectivity index (χ1n) is 10.5. The van der Waals surface area contributed by atoms with E-state index in [1.165, 1.54) is 13.0 Å². The Labute approximate surface area is 179 Å². The number of aryl methyl sites for hydroxylation is 1. The fourth-order valence-electron chi connectivity index (χ4n) is 3.66. The number of hydrogen-bond donors (Lipinski definition) is 1. The Kier molecular flexibility index (Phi) is 5.58. The Morgan fingerprint density at radius 2 is 2.06 bits per heavy atom. The molecule has 1 N–H and O–H groups in total. The summed E-state index contributed by atoms with van der Waals surface area (Å²) in [6.07, 6.45) is 3.08. The molecule has 0 radical (unpaired) electrons. The van der Waals surface area contributed by atoms with Crippen molar-refractivity contribution in [3.8, 4) is 0 Å². The summed E-state index contributed by atoms with van der Waals surface area (Å²) in [7, 11) is 0. The van der Waals surface area contributed by atoms with E-state index in [-0.39, 0.29) is 17.2 Å². The van der Waals surface area contributed by atoms with Gasteiger partial charge in [-0.2, -0.15) is 5.10 Å². The normalized spacial score (nSPS) is 14.8. The molecule has 0 saturated heterocycles. The zero-order valence-corrected chi connectivity index (χ0v) is 17.8. The Morgan fingerprint density at radius 3 is 2.84 bits per heavy atom. The van der Waals surface area contributed by atoms with Gasteiger partial charge in [-0.15, -0.1) is 0 Å². The highest BCUT2D eigenvalue weighted by Crippen LogP contribution is 2.19. The number of nitrogens with zero attached hydrogens (tertiary/aromatic N) is 4. The lowest BCUT2D eigenvalue weighted by atomic mass is 10.1. The molecule has 0 spiro atoms. The van der Waals surface area contributed by atoms with Crippen LogP contribution in [0.1, 0.15) is 55.8 Å². The average molecular weight is 423 g/mol. The Balaban J connectivity index is 1.48. The molecule has 3 heterocycles. The van der Waals surface area contributed by atoms with E-state index in [1.54, 1.807) is 33.6 Å². The van der Waals surface area contributed by atoms with Gasteiger partial charge < -0.3 is 10.1 Å². The van der Waals surface area contributed by atoms with E-state index in [1.807, 2.05) is 13.8 Å². The largest absolute Gasteiger partial charge is 0.449 e. The SMILES string of the molecule is CC[C@@H](C)n1nccc1NC(=O)[C@H](C)OC(=O)c1ccc2c(=O)n3c(nc2c1)CCC3. The van der Waals surface area contributed by atoms with Gasteiger partial charge in [0.05, 0.1) is 28.7 Å². The molecule has 4 rings (SSSR count). The van der Waals surface area contributed by atoms with Gasteiger partial charge in [-0.25, -0.2) is 14.5 Å². The lowest BCUT2D eigenvalue weighted by molar-refractivity contribution is -0.123. The molecule has 3 aromatic rings. The van der Waals surface area contributed by atoms with Gasteiger partial charge in [0.2, 0.25) is 0 Å². The van der Waals surface area contributed by atoms with Crippen molar-refractivity contribution in [1.82, 2.24) is 19.3 Å². The third-order valence-electron chi connectivity index (χ3n) is 5.64. The summed E-state index contributed by atoms with van der Waals surface area (Å²) in [5.41, 5.74) is 0.608. The van der Waals surface area contributed by atoms with Crippen LogP contribution in [0.5, 0.6) is 0 Å². The maximum absolute atomic E-state index is 12.6. The molecule has 0 fully saturated rings. The van der Waals surface area contributed by atoms with E-state index in [2.05, 4.69) is 15.4 Å². The highest BCUT2D eigenvalue weighted by Gasteiger charge is 2.22. The molecule has 2 atom stereocenters. The monoisotopic (exact) mass is 423 g/mol. The summed E-state index contributed by atoms with van der Waals surface area (Å²) in [6.45, 7) is 6.21. The molecule has 162 valence electrons. The highest BCUT2D eigenvalue weighted by atomic mass is 16.5. The van der Waals surface area contributed by atoms with Crippen molar-refractivity contribution < 1.29 is 14.3 Å². The van der Waals surface area contributed by atoms with Crippen LogP contribution in [0.3, 0.4) is 0 Å². The van der Waals surface area contributed by atoms with Crippen molar-refractivity contribution in [2.45, 2.75) is 58.7 Å². The second kappa shape index (κ2) is 8.33. The van der Waals surface area contributed by atoms with Gasteiger partial charge in [-0.3, -0.25) is 14.2 Å². The first kappa shape index (κ1) is 20.8. The first-order chi connectivity index (χ1) is 14.9. The van der Waals surface area contributed by atoms with E-state index in [0.717, 1.165) is 25.1 Å². The van der Waals surface area contributed by atoms with E-state index in [4.69, 9.17) is 4.74 Å². The van der Waals surface area contributed by atoms with Gasteiger partial charge in [-0.1, -0.05) is 6.92 Å². The van der Waals surface area contributed by atoms with Crippen molar-refractivity contribution >= 4 is 28.6 Å². The summed E-state index contributed by atoms with van der Waals surface area (Å²) in [4.78, 5) is 42.2. The van der Waals surface area contributed by atoms with E-state index >= 15 is 0 Å². The molecule has 9 heteroatoms. The quantitative estimate of drug-likeness (QED) is 0.611. The van der Waals surface area contributed by atoms with Crippen molar-refractivity contribution in [3.05, 3.63) is 52.2 Å². The average Bonchev–Trinajstić information content (AvgIpc) is 3.42. The molecule has 1 aromatic carbocycles. The highest BCUT2D eigenvalue weighted by molar-refractivity contribution is 5.98. The van der Waals surface area contributed by atoms with Gasteiger partial charge in [0.15, 0.2) is 6.10 Å². The van der Waals surface area contributed by atoms with Crippen molar-refractivity contribution in [2.75, 3.05) is 5.32 Å². The second-order valence-electron chi connectivity index (χ2n) is 7.78. The van der Waals surface area contributed by atoms with Gasteiger partial charge in [-0.05, 0) is 44.9 Å². The maximum Gasteiger partial charge on any atom is 0.338 e. The van der Waals surface area contributed by atoms with Gasteiger partial charge in [0.25, 0.3) is 11.5 Å². The van der Waals surface area contributed by atoms with Crippen LogP contribution in [0, 0.1) is 0 Å². The minimum atomic E-state index is -1.01. The second-order valence-corrected chi connectivity index (χ2v) is 7.78. The van der Waals surface area contributed by atoms with E-state index in [9.17, 15) is 14.4 Å². The first-order valence-corrected chi connectivity index (χ1v) is 10.5. The molecule has 0 bridgehead atoms. The van der Waals surface area contributed by atoms with Crippen LogP contribution in [-0.2, 0) is 22.5 Å². The molecule has 1 amide bonds. The molecular weight excluding hydrogens is 398 g/mol. The summed E-state index contributed by atoms with van der Waals surface area (Å²) in [5.74, 6) is 0.177. The van der Waals surface area contributed by atoms with Crippen LogP contribution in [0.25, 0.3) is 10.9 Å². The maximum atomic E-state index is 12.6. The summed E-state index contributed by atoms with van der Waals surface area (Å²) in [6, 6.07) is 6.48. The number of ether oxygens (including phenoxy) is 1. The zero-order valence-electron chi connectivity index (χ0n) is 17.8. The number of amides is 1. The molecule has 0 unspecified atom stereocenters. The molecule has 0 aliphatic carbocycles. The van der Waals surface area contributed by atoms with Crippen LogP contribution < -0.4 is 10.9 Å². The Hall–Kier alpha value is -3.49. The molecule has 9 nitrogen and oxygen atoms in total. The molecule has 0 saturated carbocycles. The van der Waals surface area contributed by atoms with Crippen LogP contribution in [-0.4, -0.2) is 37.3 Å². The van der Waals surface area contributed by atoms with Crippen LogP contribution >= 0.6 is 0 Å². The number of carbonyl (C=O) groups is 2. The predicted octanol–water partition coefficient (Wildman–Crippen LogP) is 2.69. The molecule has 31 heavy (non-hydrogen) atoms. The third kappa shape index (κ3) is 3.95. The van der Waals surface area contributed by atoms with Gasteiger partial charge in [0.1, 0.15) is 11.6 Å². The van der Waals surface area contributed by atoms with Crippen molar-refractivity contribution in [2.24, 2.45) is 0 Å². The number of nitrogens with one attached hydrogen (secondary N) is 1. The fraction of sp³-hybridized carbons (Fsp3) is 0.409. The number of aromatic nitrogens is 4. The lowest BCUT2D eigenvalue weighted by Gasteiger charge is -2.17. The molecule has 2 aromatic heterocycles. The molecular formula is C22H25N5O4. The zero-order chi connectivity index (χ0) is 22.1. The minimum absolute atomic E-state index is 0.0944. The van der Waals surface area contributed by atoms with Crippen molar-refractivity contribution in [1.29, 1.82) is 0 Å². The number of fused-ring (bicyclic) bond motifs is 2. The number of benzene rings is 1. The van der Waals surface area contributed by atoms with Crippen molar-refractivity contribution in [3.63, 3.8) is 0 Å². The lowest BCUT2D eigenvalue weighted by Crippen LogP contribution is -2.31. The number of carbonyl (C=O) groups excluding carboxylic acids is 2. The number of esters is 1. The topological polar surface area (TPSA) is 108 Å². The fourth-order valence-corrected chi connectivity index (χ4v) is 3.66. The Morgan fingerprint density at radius 1 is 1.26 bits per heavy atom. The number of hydrogen-bond acceptors (Lipinski definition) is 6. The number of anilines is 1. The molecule has 1 aliphatic rings. The summed E-state index contributed by atoms with van der Waals surface area (Å²) in [5, 5.41) is 7.45. The smallest absolute Gasteiger partial charge is 0.338 e. The van der Waals surface area contributed by atoms with Crippen LogP contribution in [0.2, 0.25) is 0 Å². The summed E-state index contributed by atoms with van der Waals surface area (Å²) < 4.78 is 8.75. The molecule has 1 aliphatic heterocycles. The van der Waals surface area contributed by atoms with E-state index in [0.29, 0.717) is 23.3 Å². The summed E-state index contributed by atoms with van der Waals surface area (Å²) >= 11 is 0. The number of rotatable bonds is 6. The van der Waals surface area contributed by atoms with Crippen LogP contribution in [0.4, 0.5) is 5.82 Å². The minimum Gasteiger partial charge on any atom is -0.449 e.